The molecule has 2 aromatic heterocycles. The first-order chi connectivity index (χ1) is 31.2. The Bertz CT molecular complexity index is 3030. The average Bonchev–Trinajstić information content (AvgIpc) is 3.88. The lowest BCUT2D eigenvalue weighted by atomic mass is 9.94. The molecule has 65 heavy (non-hydrogen) atoms. The highest BCUT2D eigenvalue weighted by molar-refractivity contribution is 6.17. The van der Waals surface area contributed by atoms with Crippen molar-refractivity contribution >= 4 is 45.4 Å². The van der Waals surface area contributed by atoms with Gasteiger partial charge in [0.2, 0.25) is 0 Å². The number of phenolic OH excluding ortho intramolecular Hbond substituents is 1. The zero-order chi connectivity index (χ0) is 46.1. The topological polar surface area (TPSA) is 163 Å². The van der Waals surface area contributed by atoms with Crippen LogP contribution in [0.1, 0.15) is 80.4 Å². The van der Waals surface area contributed by atoms with E-state index in [-0.39, 0.29) is 65.9 Å². The van der Waals surface area contributed by atoms with Gasteiger partial charge in [-0.15, -0.1) is 0 Å². The maximum Gasteiger partial charge on any atom is 0.255 e. The summed E-state index contributed by atoms with van der Waals surface area (Å²) in [6, 6.07) is 23.6. The van der Waals surface area contributed by atoms with Gasteiger partial charge in [-0.25, -0.2) is 8.78 Å². The van der Waals surface area contributed by atoms with Gasteiger partial charge in [-0.3, -0.25) is 29.1 Å². The Hall–Kier alpha value is -7.94. The fourth-order valence-corrected chi connectivity index (χ4v) is 8.03. The van der Waals surface area contributed by atoms with Crippen LogP contribution in [-0.2, 0) is 32.5 Å². The van der Waals surface area contributed by atoms with E-state index in [1.807, 2.05) is 30.3 Å². The van der Waals surface area contributed by atoms with Crippen LogP contribution in [0.15, 0.2) is 97.3 Å². The number of carbonyl (C=O) groups excluding carboxylic acids is 4. The molecule has 330 valence electrons. The third-order valence-corrected chi connectivity index (χ3v) is 11.3. The molecule has 7 aromatic rings. The smallest absolute Gasteiger partial charge is 0.255 e. The van der Waals surface area contributed by atoms with E-state index >= 15 is 0 Å². The van der Waals surface area contributed by atoms with E-state index in [1.165, 1.54) is 34.1 Å². The van der Waals surface area contributed by atoms with Crippen molar-refractivity contribution in [3.05, 3.63) is 170 Å². The van der Waals surface area contributed by atoms with Crippen molar-refractivity contribution < 1.29 is 42.5 Å². The van der Waals surface area contributed by atoms with Crippen LogP contribution in [0.5, 0.6) is 17.2 Å². The molecule has 5 aromatic carbocycles. The molecule has 0 unspecified atom stereocenters. The lowest BCUT2D eigenvalue weighted by molar-refractivity contribution is 0.0821. The Morgan fingerprint density at radius 1 is 0.646 bits per heavy atom. The van der Waals surface area contributed by atoms with Crippen LogP contribution in [0.2, 0.25) is 0 Å². The number of carbonyl (C=O) groups is 4. The van der Waals surface area contributed by atoms with Crippen LogP contribution < -0.4 is 20.1 Å². The number of benzene rings is 5. The van der Waals surface area contributed by atoms with Gasteiger partial charge in [0.05, 0.1) is 29.4 Å². The monoisotopic (exact) mass is 878 g/mol. The van der Waals surface area contributed by atoms with Crippen LogP contribution >= 0.6 is 0 Å². The summed E-state index contributed by atoms with van der Waals surface area (Å²) < 4.78 is 38.0. The molecule has 0 aliphatic carbocycles. The van der Waals surface area contributed by atoms with Crippen LogP contribution in [-0.4, -0.2) is 83.8 Å². The zero-order valence-corrected chi connectivity index (χ0v) is 36.2. The van der Waals surface area contributed by atoms with E-state index in [0.29, 0.717) is 62.7 Å². The summed E-state index contributed by atoms with van der Waals surface area (Å²) in [5.74, 6) is -0.952. The quantitative estimate of drug-likeness (QED) is 0.130. The number of rotatable bonds is 10. The molecule has 2 aliphatic heterocycles. The molecule has 0 fully saturated rings. The summed E-state index contributed by atoms with van der Waals surface area (Å²) in [4.78, 5) is 63.2. The Morgan fingerprint density at radius 2 is 1.09 bits per heavy atom. The highest BCUT2D eigenvalue weighted by atomic mass is 19.1. The number of ether oxygens (including phenoxy) is 2. The predicted molar refractivity (Wildman–Crippen MR) is 239 cm³/mol. The first kappa shape index (κ1) is 43.7. The third kappa shape index (κ3) is 8.72. The van der Waals surface area contributed by atoms with E-state index < -0.39 is 5.91 Å². The van der Waals surface area contributed by atoms with Crippen molar-refractivity contribution in [1.82, 2.24) is 30.4 Å². The maximum atomic E-state index is 13.4. The summed E-state index contributed by atoms with van der Waals surface area (Å²) in [6.45, 7) is 0.605. The second-order valence-corrected chi connectivity index (χ2v) is 16.1. The Labute approximate surface area is 372 Å². The number of aromatic hydroxyl groups is 1. The Balaban J connectivity index is 0.000000184. The maximum absolute atomic E-state index is 13.4. The highest BCUT2D eigenvalue weighted by Gasteiger charge is 2.34. The van der Waals surface area contributed by atoms with Gasteiger partial charge in [0, 0.05) is 75.6 Å². The fraction of sp³-hybridized carbons (Fsp3) is 0.200. The predicted octanol–water partition coefficient (Wildman–Crippen LogP) is 7.11. The molecule has 4 amide bonds. The number of phenols is 1. The van der Waals surface area contributed by atoms with Gasteiger partial charge < -0.3 is 35.0 Å². The van der Waals surface area contributed by atoms with Gasteiger partial charge in [-0.2, -0.15) is 0 Å². The molecule has 4 heterocycles. The number of aromatic nitrogens is 2. The van der Waals surface area contributed by atoms with Crippen molar-refractivity contribution in [1.29, 1.82) is 0 Å². The Kier molecular flexibility index (Phi) is 12.1. The van der Waals surface area contributed by atoms with Gasteiger partial charge >= 0.3 is 0 Å². The summed E-state index contributed by atoms with van der Waals surface area (Å²) >= 11 is 0. The molecular weight excluding hydrogens is 835 g/mol. The average molecular weight is 879 g/mol. The molecule has 0 spiro atoms. The minimum absolute atomic E-state index is 0.108. The van der Waals surface area contributed by atoms with Crippen molar-refractivity contribution in [2.24, 2.45) is 0 Å². The first-order valence-electron chi connectivity index (χ1n) is 20.6. The van der Waals surface area contributed by atoms with Gasteiger partial charge in [0.1, 0.15) is 35.0 Å². The summed E-state index contributed by atoms with van der Waals surface area (Å²) in [5.41, 5.74) is 7.33. The number of amides is 4. The minimum atomic E-state index is -0.417. The second kappa shape index (κ2) is 18.0. The standard InChI is InChI=1S/C29H26FN3O4.C21H18FN3O3/c1-33(2)29(35)24-22-13-19(12-17-4-8-20(30)9-5-17)14-31-26(22)27(25-23(24)15-32-28(25)34)37-16-18-6-10-21(36-3)11-7-18;1-25(2)21(28)16-14-8-12(7-11-3-5-13(22)6-4-11)9-23-18(14)19(26)17-15(16)10-24-20(17)27/h4-11,13-14H,12,15-16H2,1-3H3,(H,32,34);3-6,8-9,26H,7,10H2,1-2H3,(H,24,27). The molecular formula is C50H44F2N6O7. The number of hydrogen-bond donors (Lipinski definition) is 3. The summed E-state index contributed by atoms with van der Waals surface area (Å²) in [7, 11) is 8.22. The number of nitrogens with zero attached hydrogens (tertiary/aromatic N) is 4. The van der Waals surface area contributed by atoms with Crippen molar-refractivity contribution in [2.75, 3.05) is 35.3 Å². The largest absolute Gasteiger partial charge is 0.505 e. The van der Waals surface area contributed by atoms with E-state index in [1.54, 1.807) is 78.0 Å². The van der Waals surface area contributed by atoms with E-state index in [0.717, 1.165) is 33.6 Å². The number of hydrogen-bond acceptors (Lipinski definition) is 9. The van der Waals surface area contributed by atoms with E-state index in [4.69, 9.17) is 9.47 Å². The van der Waals surface area contributed by atoms with Crippen LogP contribution in [0.3, 0.4) is 0 Å². The summed E-state index contributed by atoms with van der Waals surface area (Å²) in [6.07, 6.45) is 4.30. The van der Waals surface area contributed by atoms with Crippen LogP contribution in [0.25, 0.3) is 21.8 Å². The number of halogens is 2. The summed E-state index contributed by atoms with van der Waals surface area (Å²) in [5, 5.41) is 17.2. The molecule has 0 atom stereocenters. The SMILES string of the molecule is CN(C)C(=O)c1c2c(c(O)c3ncc(Cc4ccc(F)cc4)cc13)C(=O)NC2.COc1ccc(COc2c3c(c(C(=O)N(C)C)c4cc(Cc5ccc(F)cc5)cnc24)CNC3=O)cc1. The molecule has 15 heteroatoms. The fourth-order valence-electron chi connectivity index (χ4n) is 8.03. The minimum Gasteiger partial charge on any atom is -0.505 e. The first-order valence-corrected chi connectivity index (χ1v) is 20.6. The molecule has 9 rings (SSSR count). The van der Waals surface area contributed by atoms with Crippen LogP contribution in [0.4, 0.5) is 8.78 Å². The number of fused-ring (bicyclic) bond motifs is 4. The molecule has 0 saturated heterocycles. The van der Waals surface area contributed by atoms with Gasteiger partial charge in [-0.1, -0.05) is 36.4 Å². The molecule has 0 radical (unpaired) electrons. The number of nitrogens with one attached hydrogen (secondary N) is 2. The van der Waals surface area contributed by atoms with E-state index in [9.17, 15) is 33.1 Å². The lowest BCUT2D eigenvalue weighted by Crippen LogP contribution is -2.24. The normalized spacial score (nSPS) is 12.5. The van der Waals surface area contributed by atoms with Crippen molar-refractivity contribution in [3.8, 4) is 17.2 Å². The molecule has 0 bridgehead atoms. The number of methoxy groups -OCH3 is 1. The zero-order valence-electron chi connectivity index (χ0n) is 36.2. The highest BCUT2D eigenvalue weighted by Crippen LogP contribution is 2.40. The number of pyridine rings is 2. The lowest BCUT2D eigenvalue weighted by Gasteiger charge is -2.19. The second-order valence-electron chi connectivity index (χ2n) is 16.1. The van der Waals surface area contributed by atoms with Gasteiger partial charge in [-0.05, 0) is 89.2 Å². The van der Waals surface area contributed by atoms with Crippen LogP contribution in [0, 0.1) is 11.6 Å². The Morgan fingerprint density at radius 3 is 1.58 bits per heavy atom. The van der Waals surface area contributed by atoms with Crippen molar-refractivity contribution in [2.45, 2.75) is 32.5 Å². The van der Waals surface area contributed by atoms with Gasteiger partial charge in [0.15, 0.2) is 11.5 Å². The molecule has 13 nitrogen and oxygen atoms in total. The van der Waals surface area contributed by atoms with E-state index in [2.05, 4.69) is 20.6 Å². The molecule has 0 saturated carbocycles. The van der Waals surface area contributed by atoms with Crippen molar-refractivity contribution in [3.63, 3.8) is 0 Å². The molecule has 3 N–H and O–H groups in total. The molecule has 2 aliphatic rings. The third-order valence-electron chi connectivity index (χ3n) is 11.3. The van der Waals surface area contributed by atoms with Gasteiger partial charge in [0.25, 0.3) is 23.6 Å².